The van der Waals surface area contributed by atoms with Crippen molar-refractivity contribution in [2.24, 2.45) is 7.05 Å². The first kappa shape index (κ1) is 16.8. The number of aromatic nitrogens is 5. The third kappa shape index (κ3) is 3.98. The zero-order valence-corrected chi connectivity index (χ0v) is 14.8. The highest BCUT2D eigenvalue weighted by molar-refractivity contribution is 5.92. The largest absolute Gasteiger partial charge is 0.311 e. The first-order valence-electron chi connectivity index (χ1n) is 8.62. The third-order valence-electron chi connectivity index (χ3n) is 4.23. The summed E-state index contributed by atoms with van der Waals surface area (Å²) in [7, 11) is 1.87. The molecule has 4 rings (SSSR count). The Balaban J connectivity index is 1.49. The minimum Gasteiger partial charge on any atom is -0.311 e. The molecule has 27 heavy (non-hydrogen) atoms. The first-order chi connectivity index (χ1) is 13.2. The summed E-state index contributed by atoms with van der Waals surface area (Å²) in [5.41, 5.74) is 3.63. The molecular formula is C20H18N6O. The minimum absolute atomic E-state index is 0.0814. The molecule has 0 aliphatic rings. The van der Waals surface area contributed by atoms with Gasteiger partial charge in [0.15, 0.2) is 0 Å². The van der Waals surface area contributed by atoms with E-state index in [1.54, 1.807) is 35.5 Å². The zero-order valence-electron chi connectivity index (χ0n) is 14.8. The van der Waals surface area contributed by atoms with E-state index in [2.05, 4.69) is 25.4 Å². The van der Waals surface area contributed by atoms with Crippen molar-refractivity contribution in [3.63, 3.8) is 0 Å². The van der Waals surface area contributed by atoms with Gasteiger partial charge in [-0.15, -0.1) is 0 Å². The standard InChI is InChI=1S/C20H18N6O/c1-26-13-16(12-23-26)17-4-3-15-11-22-19(10-18(15)24-17)25-20(27)5-2-14-6-8-21-9-7-14/h3-4,6-13H,2,5H2,1H3,(H,22,25,27). The molecule has 0 aliphatic carbocycles. The average molecular weight is 358 g/mol. The molecule has 4 aromatic heterocycles. The van der Waals surface area contributed by atoms with Gasteiger partial charge >= 0.3 is 0 Å². The molecule has 0 saturated heterocycles. The first-order valence-corrected chi connectivity index (χ1v) is 8.62. The summed E-state index contributed by atoms with van der Waals surface area (Å²) >= 11 is 0. The molecule has 1 amide bonds. The maximum Gasteiger partial charge on any atom is 0.225 e. The van der Waals surface area contributed by atoms with Crippen LogP contribution in [0.5, 0.6) is 0 Å². The van der Waals surface area contributed by atoms with Gasteiger partial charge in [-0.2, -0.15) is 5.10 Å². The minimum atomic E-state index is -0.0814. The van der Waals surface area contributed by atoms with Crippen molar-refractivity contribution >= 4 is 22.6 Å². The van der Waals surface area contributed by atoms with Crippen LogP contribution < -0.4 is 5.32 Å². The molecule has 0 spiro atoms. The van der Waals surface area contributed by atoms with Crippen LogP contribution >= 0.6 is 0 Å². The van der Waals surface area contributed by atoms with E-state index in [1.165, 1.54) is 0 Å². The maximum atomic E-state index is 12.2. The Morgan fingerprint density at radius 2 is 2.00 bits per heavy atom. The van der Waals surface area contributed by atoms with Crippen LogP contribution in [0.15, 0.2) is 61.3 Å². The van der Waals surface area contributed by atoms with Crippen LogP contribution in [0.1, 0.15) is 12.0 Å². The Morgan fingerprint density at radius 1 is 1.15 bits per heavy atom. The molecule has 7 nitrogen and oxygen atoms in total. The second-order valence-electron chi connectivity index (χ2n) is 6.27. The number of carbonyl (C=O) groups is 1. The lowest BCUT2D eigenvalue weighted by molar-refractivity contribution is -0.116. The lowest BCUT2D eigenvalue weighted by atomic mass is 10.1. The lowest BCUT2D eigenvalue weighted by Gasteiger charge is -2.06. The van der Waals surface area contributed by atoms with Crippen LogP contribution in [0.4, 0.5) is 5.82 Å². The van der Waals surface area contributed by atoms with Gasteiger partial charge in [0.1, 0.15) is 5.82 Å². The van der Waals surface area contributed by atoms with Gasteiger partial charge in [0.05, 0.1) is 17.4 Å². The van der Waals surface area contributed by atoms with E-state index >= 15 is 0 Å². The fourth-order valence-electron chi connectivity index (χ4n) is 2.81. The van der Waals surface area contributed by atoms with E-state index in [-0.39, 0.29) is 5.91 Å². The Labute approximate surface area is 156 Å². The number of nitrogens with zero attached hydrogens (tertiary/aromatic N) is 5. The van der Waals surface area contributed by atoms with Crippen molar-refractivity contribution in [1.82, 2.24) is 24.7 Å². The van der Waals surface area contributed by atoms with Gasteiger partial charge in [0.2, 0.25) is 5.91 Å². The van der Waals surface area contributed by atoms with E-state index in [0.29, 0.717) is 18.7 Å². The molecule has 0 radical (unpaired) electrons. The highest BCUT2D eigenvalue weighted by atomic mass is 16.1. The van der Waals surface area contributed by atoms with E-state index in [9.17, 15) is 4.79 Å². The summed E-state index contributed by atoms with van der Waals surface area (Å²) in [6.45, 7) is 0. The predicted octanol–water partition coefficient (Wildman–Crippen LogP) is 3.00. The number of carbonyl (C=O) groups excluding carboxylic acids is 1. The van der Waals surface area contributed by atoms with Crippen LogP contribution in [0.2, 0.25) is 0 Å². The number of pyridine rings is 3. The number of aryl methyl sites for hydroxylation is 2. The Kier molecular flexibility index (Phi) is 4.57. The monoisotopic (exact) mass is 358 g/mol. The highest BCUT2D eigenvalue weighted by Crippen LogP contribution is 2.21. The van der Waals surface area contributed by atoms with Crippen molar-refractivity contribution < 1.29 is 4.79 Å². The second kappa shape index (κ2) is 7.33. The Morgan fingerprint density at radius 3 is 2.78 bits per heavy atom. The summed E-state index contributed by atoms with van der Waals surface area (Å²) in [6.07, 6.45) is 9.90. The molecule has 0 aromatic carbocycles. The highest BCUT2D eigenvalue weighted by Gasteiger charge is 2.08. The average Bonchev–Trinajstić information content (AvgIpc) is 3.13. The Hall–Kier alpha value is -3.61. The van der Waals surface area contributed by atoms with Gasteiger partial charge in [-0.05, 0) is 36.2 Å². The summed E-state index contributed by atoms with van der Waals surface area (Å²) < 4.78 is 1.74. The van der Waals surface area contributed by atoms with Gasteiger partial charge in [0.25, 0.3) is 0 Å². The van der Waals surface area contributed by atoms with Crippen molar-refractivity contribution in [2.75, 3.05) is 5.32 Å². The fourth-order valence-corrected chi connectivity index (χ4v) is 2.81. The van der Waals surface area contributed by atoms with Crippen molar-refractivity contribution in [3.05, 3.63) is 66.9 Å². The maximum absolute atomic E-state index is 12.2. The van der Waals surface area contributed by atoms with Crippen LogP contribution in [-0.2, 0) is 18.3 Å². The zero-order chi connectivity index (χ0) is 18.6. The lowest BCUT2D eigenvalue weighted by Crippen LogP contribution is -2.13. The van der Waals surface area contributed by atoms with Crippen LogP contribution in [0.3, 0.4) is 0 Å². The van der Waals surface area contributed by atoms with E-state index in [4.69, 9.17) is 0 Å². The molecule has 0 saturated carbocycles. The van der Waals surface area contributed by atoms with E-state index in [0.717, 1.165) is 27.7 Å². The Bertz CT molecular complexity index is 1090. The van der Waals surface area contributed by atoms with Crippen molar-refractivity contribution in [2.45, 2.75) is 12.8 Å². The number of anilines is 1. The molecule has 0 aliphatic heterocycles. The number of hydrogen-bond donors (Lipinski definition) is 1. The second-order valence-corrected chi connectivity index (χ2v) is 6.27. The summed E-state index contributed by atoms with van der Waals surface area (Å²) in [6, 6.07) is 9.51. The van der Waals surface area contributed by atoms with Crippen LogP contribution in [0, 0.1) is 0 Å². The molecule has 134 valence electrons. The van der Waals surface area contributed by atoms with Crippen molar-refractivity contribution in [1.29, 1.82) is 0 Å². The van der Waals surface area contributed by atoms with Gasteiger partial charge in [-0.25, -0.2) is 9.97 Å². The van der Waals surface area contributed by atoms with E-state index in [1.807, 2.05) is 37.5 Å². The molecular weight excluding hydrogens is 340 g/mol. The number of nitrogens with one attached hydrogen (secondary N) is 1. The molecule has 4 aromatic rings. The molecule has 4 heterocycles. The van der Waals surface area contributed by atoms with Crippen LogP contribution in [0.25, 0.3) is 22.2 Å². The van der Waals surface area contributed by atoms with Gasteiger partial charge < -0.3 is 5.32 Å². The van der Waals surface area contributed by atoms with Gasteiger partial charge in [-0.3, -0.25) is 14.5 Å². The molecule has 7 heteroatoms. The number of fused-ring (bicyclic) bond motifs is 1. The predicted molar refractivity (Wildman–Crippen MR) is 103 cm³/mol. The van der Waals surface area contributed by atoms with Crippen LogP contribution in [-0.4, -0.2) is 30.6 Å². The topological polar surface area (TPSA) is 85.6 Å². The molecule has 0 atom stereocenters. The fraction of sp³-hybridized carbons (Fsp3) is 0.150. The molecule has 0 fully saturated rings. The van der Waals surface area contributed by atoms with E-state index < -0.39 is 0 Å². The quantitative estimate of drug-likeness (QED) is 0.593. The smallest absolute Gasteiger partial charge is 0.225 e. The summed E-state index contributed by atoms with van der Waals surface area (Å²) in [5, 5.41) is 7.94. The normalized spacial score (nSPS) is 10.9. The van der Waals surface area contributed by atoms with Gasteiger partial charge in [0, 0.05) is 55.3 Å². The number of amides is 1. The summed E-state index contributed by atoms with van der Waals surface area (Å²) in [5.74, 6) is 0.417. The third-order valence-corrected chi connectivity index (χ3v) is 4.23. The number of rotatable bonds is 5. The molecule has 0 bridgehead atoms. The molecule has 1 N–H and O–H groups in total. The summed E-state index contributed by atoms with van der Waals surface area (Å²) in [4.78, 5) is 25.2. The molecule has 0 unspecified atom stereocenters. The van der Waals surface area contributed by atoms with Gasteiger partial charge in [-0.1, -0.05) is 0 Å². The number of hydrogen-bond acceptors (Lipinski definition) is 5. The SMILES string of the molecule is Cn1cc(-c2ccc3cnc(NC(=O)CCc4ccncc4)cc3n2)cn1. The van der Waals surface area contributed by atoms with Crippen molar-refractivity contribution in [3.8, 4) is 11.3 Å².